The summed E-state index contributed by atoms with van der Waals surface area (Å²) in [6.07, 6.45) is 1.18. The quantitative estimate of drug-likeness (QED) is 0.597. The van der Waals surface area contributed by atoms with E-state index in [1.807, 2.05) is 23.1 Å². The van der Waals surface area contributed by atoms with Crippen LogP contribution in [-0.4, -0.2) is 36.0 Å². The summed E-state index contributed by atoms with van der Waals surface area (Å²) in [5.41, 5.74) is 2.84. The molecule has 152 valence electrons. The molecule has 0 aliphatic carbocycles. The van der Waals surface area contributed by atoms with Crippen molar-refractivity contribution in [2.75, 3.05) is 20.2 Å². The smallest absolute Gasteiger partial charge is 0.271 e. The van der Waals surface area contributed by atoms with E-state index in [0.717, 1.165) is 39.5 Å². The molecule has 1 N–H and O–H groups in total. The summed E-state index contributed by atoms with van der Waals surface area (Å²) in [5, 5.41) is 1.05. The number of rotatable bonds is 4. The molecule has 1 fully saturated rings. The van der Waals surface area contributed by atoms with Crippen LogP contribution in [0, 0.1) is 18.8 Å². The number of methoxy groups -OCH3 is 1. The van der Waals surface area contributed by atoms with Gasteiger partial charge in [-0.3, -0.25) is 4.79 Å². The van der Waals surface area contributed by atoms with Gasteiger partial charge < -0.3 is 14.6 Å². The lowest BCUT2D eigenvalue weighted by molar-refractivity contribution is 0.0614. The highest BCUT2D eigenvalue weighted by molar-refractivity contribution is 7.99. The largest absolute Gasteiger partial charge is 0.497 e. The van der Waals surface area contributed by atoms with Crippen molar-refractivity contribution in [1.82, 2.24) is 9.88 Å². The average Bonchev–Trinajstić information content (AvgIpc) is 3.05. The van der Waals surface area contributed by atoms with Crippen molar-refractivity contribution in [2.24, 2.45) is 11.8 Å². The Balaban J connectivity index is 1.76. The number of hydrogen-bond donors (Lipinski definition) is 1. The zero-order valence-electron chi connectivity index (χ0n) is 17.5. The van der Waals surface area contributed by atoms with Crippen LogP contribution in [0.1, 0.15) is 36.3 Å². The minimum Gasteiger partial charge on any atom is -0.497 e. The fourth-order valence-electron chi connectivity index (χ4n) is 4.25. The standard InChI is InChI=1S/C24H28N2O2S/c1-15-5-8-19(9-6-15)29-23-20-10-7-18(28-4)12-21(20)25-22(23)24(27)26-13-16(2)11-17(3)14-26/h5-10,12,16-17,25H,11,13-14H2,1-4H3/t16-,17-/m0/s1. The molecule has 29 heavy (non-hydrogen) atoms. The first-order valence-electron chi connectivity index (χ1n) is 10.2. The number of aromatic nitrogens is 1. The topological polar surface area (TPSA) is 45.3 Å². The van der Waals surface area contributed by atoms with Gasteiger partial charge in [0.15, 0.2) is 0 Å². The van der Waals surface area contributed by atoms with Crippen LogP contribution in [0.4, 0.5) is 0 Å². The second-order valence-electron chi connectivity index (χ2n) is 8.31. The number of piperidine rings is 1. The van der Waals surface area contributed by atoms with Gasteiger partial charge in [-0.2, -0.15) is 0 Å². The number of aryl methyl sites for hydroxylation is 1. The lowest BCUT2D eigenvalue weighted by Gasteiger charge is -2.34. The Labute approximate surface area is 176 Å². The van der Waals surface area contributed by atoms with Crippen molar-refractivity contribution in [1.29, 1.82) is 0 Å². The van der Waals surface area contributed by atoms with E-state index in [1.54, 1.807) is 18.9 Å². The monoisotopic (exact) mass is 408 g/mol. The van der Waals surface area contributed by atoms with Crippen LogP contribution in [0.5, 0.6) is 5.75 Å². The number of nitrogens with zero attached hydrogens (tertiary/aromatic N) is 1. The van der Waals surface area contributed by atoms with E-state index in [-0.39, 0.29) is 5.91 Å². The number of nitrogens with one attached hydrogen (secondary N) is 1. The first-order valence-corrected chi connectivity index (χ1v) is 11.0. The average molecular weight is 409 g/mol. The Morgan fingerprint density at radius 3 is 2.45 bits per heavy atom. The molecular formula is C24H28N2O2S. The van der Waals surface area contributed by atoms with Crippen molar-refractivity contribution < 1.29 is 9.53 Å². The van der Waals surface area contributed by atoms with Crippen LogP contribution in [0.2, 0.25) is 0 Å². The third-order valence-electron chi connectivity index (χ3n) is 5.57. The van der Waals surface area contributed by atoms with Gasteiger partial charge in [0.2, 0.25) is 0 Å². The maximum Gasteiger partial charge on any atom is 0.271 e. The molecule has 2 atom stereocenters. The van der Waals surface area contributed by atoms with Crippen LogP contribution in [-0.2, 0) is 0 Å². The van der Waals surface area contributed by atoms with Crippen LogP contribution in [0.3, 0.4) is 0 Å². The minimum atomic E-state index is 0.0909. The summed E-state index contributed by atoms with van der Waals surface area (Å²) in [6, 6.07) is 14.4. The second-order valence-corrected chi connectivity index (χ2v) is 9.40. The summed E-state index contributed by atoms with van der Waals surface area (Å²) < 4.78 is 5.39. The zero-order valence-corrected chi connectivity index (χ0v) is 18.3. The van der Waals surface area contributed by atoms with Crippen molar-refractivity contribution in [3.8, 4) is 5.75 Å². The number of H-pyrrole nitrogens is 1. The number of hydrogen-bond acceptors (Lipinski definition) is 3. The van der Waals surface area contributed by atoms with E-state index < -0.39 is 0 Å². The van der Waals surface area contributed by atoms with Gasteiger partial charge in [-0.1, -0.05) is 43.3 Å². The van der Waals surface area contributed by atoms with Gasteiger partial charge in [0.25, 0.3) is 5.91 Å². The van der Waals surface area contributed by atoms with Crippen molar-refractivity contribution in [3.05, 3.63) is 53.7 Å². The molecule has 0 saturated carbocycles. The van der Waals surface area contributed by atoms with E-state index in [1.165, 1.54) is 12.0 Å². The van der Waals surface area contributed by atoms with Crippen LogP contribution in [0.25, 0.3) is 10.9 Å². The molecule has 0 radical (unpaired) electrons. The van der Waals surface area contributed by atoms with Crippen molar-refractivity contribution in [2.45, 2.75) is 37.0 Å². The summed E-state index contributed by atoms with van der Waals surface area (Å²) in [6.45, 7) is 8.18. The Morgan fingerprint density at radius 2 is 1.79 bits per heavy atom. The zero-order chi connectivity index (χ0) is 20.5. The second kappa shape index (κ2) is 8.15. The van der Waals surface area contributed by atoms with Gasteiger partial charge in [0.05, 0.1) is 17.5 Å². The highest BCUT2D eigenvalue weighted by atomic mass is 32.2. The Hall–Kier alpha value is -2.40. The fourth-order valence-corrected chi connectivity index (χ4v) is 5.28. The van der Waals surface area contributed by atoms with E-state index in [2.05, 4.69) is 50.0 Å². The summed E-state index contributed by atoms with van der Waals surface area (Å²) in [4.78, 5) is 21.1. The highest BCUT2D eigenvalue weighted by Crippen LogP contribution is 2.39. The van der Waals surface area contributed by atoms with E-state index in [0.29, 0.717) is 17.5 Å². The lowest BCUT2D eigenvalue weighted by atomic mass is 9.92. The molecule has 2 aromatic carbocycles. The number of carbonyl (C=O) groups is 1. The molecule has 1 aliphatic heterocycles. The molecule has 4 rings (SSSR count). The Bertz CT molecular complexity index is 1020. The Kier molecular flexibility index (Phi) is 5.59. The third-order valence-corrected chi connectivity index (χ3v) is 6.70. The predicted molar refractivity (Wildman–Crippen MR) is 119 cm³/mol. The number of benzene rings is 2. The molecule has 3 aromatic rings. The molecule has 5 heteroatoms. The molecule has 1 amide bonds. The van der Waals surface area contributed by atoms with Crippen molar-refractivity contribution >= 4 is 28.6 Å². The van der Waals surface area contributed by atoms with Crippen LogP contribution < -0.4 is 4.74 Å². The normalized spacial score (nSPS) is 19.5. The van der Waals surface area contributed by atoms with Gasteiger partial charge in [0, 0.05) is 29.4 Å². The van der Waals surface area contributed by atoms with Crippen LogP contribution in [0.15, 0.2) is 52.3 Å². The van der Waals surface area contributed by atoms with E-state index in [9.17, 15) is 4.79 Å². The molecule has 0 bridgehead atoms. The summed E-state index contributed by atoms with van der Waals surface area (Å²) in [5.74, 6) is 1.93. The fraction of sp³-hybridized carbons (Fsp3) is 0.375. The molecule has 1 aromatic heterocycles. The molecule has 2 heterocycles. The van der Waals surface area contributed by atoms with Crippen molar-refractivity contribution in [3.63, 3.8) is 0 Å². The Morgan fingerprint density at radius 1 is 1.10 bits per heavy atom. The van der Waals surface area contributed by atoms with E-state index in [4.69, 9.17) is 4.74 Å². The predicted octanol–water partition coefficient (Wildman–Crippen LogP) is 5.75. The number of fused-ring (bicyclic) bond motifs is 1. The number of aromatic amines is 1. The summed E-state index contributed by atoms with van der Waals surface area (Å²) in [7, 11) is 1.66. The number of amides is 1. The van der Waals surface area contributed by atoms with Crippen LogP contribution >= 0.6 is 11.8 Å². The third kappa shape index (κ3) is 4.15. The van der Waals surface area contributed by atoms with Gasteiger partial charge in [0.1, 0.15) is 11.4 Å². The number of likely N-dealkylation sites (tertiary alicyclic amines) is 1. The lowest BCUT2D eigenvalue weighted by Crippen LogP contribution is -2.42. The maximum absolute atomic E-state index is 13.5. The molecule has 0 spiro atoms. The molecular weight excluding hydrogens is 380 g/mol. The number of ether oxygens (including phenoxy) is 1. The number of carbonyl (C=O) groups excluding carboxylic acids is 1. The molecule has 1 saturated heterocycles. The minimum absolute atomic E-state index is 0.0909. The molecule has 0 unspecified atom stereocenters. The molecule has 1 aliphatic rings. The highest BCUT2D eigenvalue weighted by Gasteiger charge is 2.29. The summed E-state index contributed by atoms with van der Waals surface area (Å²) >= 11 is 1.65. The van der Waals surface area contributed by atoms with Gasteiger partial charge in [-0.25, -0.2) is 0 Å². The van der Waals surface area contributed by atoms with Gasteiger partial charge in [-0.05, 0) is 49.4 Å². The first-order chi connectivity index (χ1) is 13.9. The maximum atomic E-state index is 13.5. The first kappa shape index (κ1) is 19.9. The van der Waals surface area contributed by atoms with E-state index >= 15 is 0 Å². The molecule has 4 nitrogen and oxygen atoms in total. The van der Waals surface area contributed by atoms with Gasteiger partial charge in [-0.15, -0.1) is 0 Å². The SMILES string of the molecule is COc1ccc2c(Sc3ccc(C)cc3)c(C(=O)N3C[C@@H](C)C[C@H](C)C3)[nH]c2c1. The van der Waals surface area contributed by atoms with Gasteiger partial charge >= 0.3 is 0 Å².